The van der Waals surface area contributed by atoms with Gasteiger partial charge in [-0.2, -0.15) is 0 Å². The molecule has 0 rings (SSSR count). The zero-order valence-electron chi connectivity index (χ0n) is 11.6. The van der Waals surface area contributed by atoms with E-state index in [4.69, 9.17) is 5.73 Å². The van der Waals surface area contributed by atoms with E-state index in [0.717, 1.165) is 6.42 Å². The summed E-state index contributed by atoms with van der Waals surface area (Å²) in [6.07, 6.45) is 2.40. The van der Waals surface area contributed by atoms with Gasteiger partial charge in [-0.05, 0) is 18.8 Å². The maximum atomic E-state index is 12.0. The van der Waals surface area contributed by atoms with Crippen molar-refractivity contribution in [2.45, 2.75) is 40.2 Å². The lowest BCUT2D eigenvalue weighted by atomic mass is 9.84. The summed E-state index contributed by atoms with van der Waals surface area (Å²) in [5.41, 5.74) is 5.72. The van der Waals surface area contributed by atoms with Crippen molar-refractivity contribution in [1.29, 1.82) is 0 Å². The summed E-state index contributed by atoms with van der Waals surface area (Å²) in [6, 6.07) is -0.0673. The van der Waals surface area contributed by atoms with Gasteiger partial charge in [0.2, 0.25) is 5.91 Å². The van der Waals surface area contributed by atoms with E-state index in [2.05, 4.69) is 26.1 Å². The van der Waals surface area contributed by atoms with Crippen molar-refractivity contribution in [2.75, 3.05) is 18.6 Å². The Morgan fingerprint density at radius 1 is 1.41 bits per heavy atom. The number of hydrogen-bond acceptors (Lipinski definition) is 3. The lowest BCUT2D eigenvalue weighted by Crippen LogP contribution is -2.43. The van der Waals surface area contributed by atoms with Crippen LogP contribution in [-0.2, 0) is 15.6 Å². The second kappa shape index (κ2) is 7.11. The third kappa shape index (κ3) is 8.32. The molecule has 0 saturated carbocycles. The molecule has 3 unspecified atom stereocenters. The number of carbonyl (C=O) groups excluding carboxylic acids is 1. The van der Waals surface area contributed by atoms with Crippen molar-refractivity contribution in [1.82, 2.24) is 5.32 Å². The smallest absolute Gasteiger partial charge is 0.224 e. The summed E-state index contributed by atoms with van der Waals surface area (Å²) in [6.45, 7) is 8.49. The highest BCUT2D eigenvalue weighted by atomic mass is 32.2. The van der Waals surface area contributed by atoms with Gasteiger partial charge < -0.3 is 11.1 Å². The molecule has 0 fully saturated rings. The van der Waals surface area contributed by atoms with Crippen LogP contribution in [0.2, 0.25) is 0 Å². The van der Waals surface area contributed by atoms with Crippen LogP contribution in [0.15, 0.2) is 0 Å². The Hall–Kier alpha value is -0.420. The summed E-state index contributed by atoms with van der Waals surface area (Å²) in [4.78, 5) is 12.0. The van der Waals surface area contributed by atoms with Crippen molar-refractivity contribution >= 4 is 16.7 Å². The Bertz CT molecular complexity index is 274. The van der Waals surface area contributed by atoms with Crippen LogP contribution in [0, 0.1) is 11.3 Å². The zero-order chi connectivity index (χ0) is 13.6. The Morgan fingerprint density at radius 3 is 2.29 bits per heavy atom. The summed E-state index contributed by atoms with van der Waals surface area (Å²) in [5.74, 6) is 0.293. The predicted octanol–water partition coefficient (Wildman–Crippen LogP) is 0.881. The van der Waals surface area contributed by atoms with Gasteiger partial charge >= 0.3 is 0 Å². The number of hydrogen-bond donors (Lipinski definition) is 2. The van der Waals surface area contributed by atoms with E-state index in [1.54, 1.807) is 6.26 Å². The molecule has 0 aromatic carbocycles. The summed E-state index contributed by atoms with van der Waals surface area (Å²) in [5, 5.41) is 2.87. The van der Waals surface area contributed by atoms with Gasteiger partial charge in [-0.1, -0.05) is 20.8 Å². The fraction of sp³-hybridized carbons (Fsp3) is 0.917. The van der Waals surface area contributed by atoms with Crippen molar-refractivity contribution in [3.8, 4) is 0 Å². The Balaban J connectivity index is 4.31. The van der Waals surface area contributed by atoms with Crippen molar-refractivity contribution in [3.05, 3.63) is 0 Å². The second-order valence-corrected chi connectivity index (χ2v) is 7.33. The van der Waals surface area contributed by atoms with E-state index in [1.807, 2.05) is 6.92 Å². The average Bonchev–Trinajstić information content (AvgIpc) is 2.10. The van der Waals surface area contributed by atoms with E-state index < -0.39 is 10.8 Å². The normalized spacial score (nSPS) is 17.3. The van der Waals surface area contributed by atoms with Gasteiger partial charge in [0.1, 0.15) is 0 Å². The van der Waals surface area contributed by atoms with E-state index in [9.17, 15) is 9.00 Å². The first kappa shape index (κ1) is 16.6. The van der Waals surface area contributed by atoms with Crippen LogP contribution in [0.4, 0.5) is 0 Å². The summed E-state index contributed by atoms with van der Waals surface area (Å²) >= 11 is 0. The van der Waals surface area contributed by atoms with Crippen LogP contribution < -0.4 is 11.1 Å². The first-order valence-corrected chi connectivity index (χ1v) is 7.69. The summed E-state index contributed by atoms with van der Waals surface area (Å²) < 4.78 is 11.0. The third-order valence-electron chi connectivity index (χ3n) is 2.39. The molecule has 0 saturated heterocycles. The fourth-order valence-corrected chi connectivity index (χ4v) is 2.56. The maximum Gasteiger partial charge on any atom is 0.224 e. The van der Waals surface area contributed by atoms with Crippen molar-refractivity contribution < 1.29 is 9.00 Å². The minimum atomic E-state index is -0.892. The minimum Gasteiger partial charge on any atom is -0.352 e. The van der Waals surface area contributed by atoms with Crippen molar-refractivity contribution in [3.63, 3.8) is 0 Å². The molecular formula is C12H26N2O2S. The SMILES string of the molecule is CC(CS(C)=O)NC(=O)C(CN)CC(C)(C)C. The van der Waals surface area contributed by atoms with Crippen LogP contribution in [0.5, 0.6) is 0 Å². The molecule has 0 aliphatic rings. The van der Waals surface area contributed by atoms with E-state index >= 15 is 0 Å². The zero-order valence-corrected chi connectivity index (χ0v) is 12.4. The Labute approximate surface area is 107 Å². The molecular weight excluding hydrogens is 236 g/mol. The quantitative estimate of drug-likeness (QED) is 0.746. The predicted molar refractivity (Wildman–Crippen MR) is 73.2 cm³/mol. The maximum absolute atomic E-state index is 12.0. The first-order valence-electron chi connectivity index (χ1n) is 5.96. The minimum absolute atomic E-state index is 0.0274. The first-order chi connectivity index (χ1) is 7.65. The van der Waals surface area contributed by atoms with Crippen LogP contribution in [0.25, 0.3) is 0 Å². The van der Waals surface area contributed by atoms with Gasteiger partial charge in [-0.15, -0.1) is 0 Å². The molecule has 0 aromatic heterocycles. The molecule has 3 atom stereocenters. The number of carbonyl (C=O) groups is 1. The molecule has 0 aliphatic heterocycles. The third-order valence-corrected chi connectivity index (χ3v) is 3.36. The molecule has 102 valence electrons. The number of rotatable bonds is 6. The van der Waals surface area contributed by atoms with Gasteiger partial charge in [0.25, 0.3) is 0 Å². The van der Waals surface area contributed by atoms with Crippen LogP contribution in [0.1, 0.15) is 34.1 Å². The molecule has 0 aromatic rings. The van der Waals surface area contributed by atoms with Gasteiger partial charge in [0.05, 0.1) is 5.92 Å². The van der Waals surface area contributed by atoms with Gasteiger partial charge in [0, 0.05) is 35.4 Å². The largest absolute Gasteiger partial charge is 0.352 e. The number of amides is 1. The highest BCUT2D eigenvalue weighted by molar-refractivity contribution is 7.84. The molecule has 17 heavy (non-hydrogen) atoms. The van der Waals surface area contributed by atoms with Gasteiger partial charge in [-0.25, -0.2) is 0 Å². The fourth-order valence-electron chi connectivity index (χ4n) is 1.78. The van der Waals surface area contributed by atoms with E-state index in [-0.39, 0.29) is 23.3 Å². The van der Waals surface area contributed by atoms with E-state index in [1.165, 1.54) is 0 Å². The number of nitrogens with one attached hydrogen (secondary N) is 1. The van der Waals surface area contributed by atoms with Crippen molar-refractivity contribution in [2.24, 2.45) is 17.1 Å². The molecule has 0 bridgehead atoms. The molecule has 1 amide bonds. The van der Waals surface area contributed by atoms with Crippen LogP contribution in [-0.4, -0.2) is 34.7 Å². The van der Waals surface area contributed by atoms with Gasteiger partial charge in [-0.3, -0.25) is 9.00 Å². The second-order valence-electron chi connectivity index (χ2n) is 5.85. The van der Waals surface area contributed by atoms with Crippen LogP contribution >= 0.6 is 0 Å². The Morgan fingerprint density at radius 2 is 1.94 bits per heavy atom. The highest BCUT2D eigenvalue weighted by Gasteiger charge is 2.24. The molecule has 4 nitrogen and oxygen atoms in total. The Kier molecular flexibility index (Phi) is 6.94. The summed E-state index contributed by atoms with van der Waals surface area (Å²) in [7, 11) is -0.892. The molecule has 0 spiro atoms. The van der Waals surface area contributed by atoms with Crippen LogP contribution in [0.3, 0.4) is 0 Å². The lowest BCUT2D eigenvalue weighted by molar-refractivity contribution is -0.126. The lowest BCUT2D eigenvalue weighted by Gasteiger charge is -2.25. The highest BCUT2D eigenvalue weighted by Crippen LogP contribution is 2.24. The molecule has 3 N–H and O–H groups in total. The standard InChI is InChI=1S/C12H26N2O2S/c1-9(8-17(5)16)14-11(15)10(7-13)6-12(2,3)4/h9-10H,6-8,13H2,1-5H3,(H,14,15). The molecule has 0 heterocycles. The monoisotopic (exact) mass is 262 g/mol. The number of nitrogens with two attached hydrogens (primary N) is 1. The average molecular weight is 262 g/mol. The van der Waals surface area contributed by atoms with E-state index in [0.29, 0.717) is 12.3 Å². The molecule has 5 heteroatoms. The van der Waals surface area contributed by atoms with Gasteiger partial charge in [0.15, 0.2) is 0 Å². The molecule has 0 radical (unpaired) electrons. The topological polar surface area (TPSA) is 72.2 Å². The molecule has 0 aliphatic carbocycles.